The molecule has 0 saturated carbocycles. The highest BCUT2D eigenvalue weighted by Gasteiger charge is 2.30. The van der Waals surface area contributed by atoms with Crippen LogP contribution in [0.3, 0.4) is 0 Å². The van der Waals surface area contributed by atoms with Crippen molar-refractivity contribution >= 4 is 39.5 Å². The zero-order chi connectivity index (χ0) is 67.3. The monoisotopic (exact) mass is 1330 g/mol. The van der Waals surface area contributed by atoms with Crippen molar-refractivity contribution in [3.05, 3.63) is 24.3 Å². The first-order valence-electron chi connectivity index (χ1n) is 36.7. The first-order chi connectivity index (χ1) is 43.8. The van der Waals surface area contributed by atoms with Gasteiger partial charge in [-0.15, -0.1) is 0 Å². The number of rotatable bonds is 68. The van der Waals surface area contributed by atoms with Crippen molar-refractivity contribution in [3.8, 4) is 0 Å². The number of hydrogen-bond donors (Lipinski definition) is 3. The molecule has 0 saturated heterocycles. The molecule has 0 aromatic carbocycles. The molecule has 0 aromatic rings. The van der Waals surface area contributed by atoms with Gasteiger partial charge in [-0.3, -0.25) is 37.3 Å². The molecule has 0 radical (unpaired) electrons. The number of hydrogen-bond acceptors (Lipinski definition) is 15. The normalized spacial score (nSPS) is 14.6. The third-order valence-corrected chi connectivity index (χ3v) is 18.3. The van der Waals surface area contributed by atoms with Gasteiger partial charge in [0, 0.05) is 25.7 Å². The maximum absolute atomic E-state index is 13.0. The quantitative estimate of drug-likeness (QED) is 0.0169. The topological polar surface area (TPSA) is 237 Å². The Kier molecular flexibility index (Phi) is 60.7. The van der Waals surface area contributed by atoms with Gasteiger partial charge in [-0.05, 0) is 69.1 Å². The minimum Gasteiger partial charge on any atom is -0.462 e. The highest BCUT2D eigenvalue weighted by Crippen LogP contribution is 2.45. The third-order valence-electron chi connectivity index (χ3n) is 16.4. The molecule has 0 fully saturated rings. The number of aliphatic hydroxyl groups excluding tert-OH is 1. The van der Waals surface area contributed by atoms with Gasteiger partial charge in [-0.2, -0.15) is 0 Å². The summed E-state index contributed by atoms with van der Waals surface area (Å²) in [5.41, 5.74) is 0. The fraction of sp³-hybridized carbons (Fsp3) is 0.889. The predicted molar refractivity (Wildman–Crippen MR) is 367 cm³/mol. The second kappa shape index (κ2) is 62.4. The standard InChI is InChI=1S/C72H136O17P2/c1-8-10-11-12-13-14-15-16-17-22-25-28-31-41-48-55-71(76)88-67(59-82-69(74)53-46-39-30-27-24-21-19-18-20-23-26-29-38-45-52-65(7)9-2)61-86-90(78,79)84-57-66(73)58-85-91(80,81)87-62-68(89-72(77)56-49-42-35-33-37-44-51-64(5)6)60-83-70(75)54-47-40-34-32-36-43-50-63(3)4/h14-17,63-68,73H,8-13,18-62H2,1-7H3,(H,78,79)(H,80,81)/b15-14-,17-16-/t65?,66-,67-,68-/m1/s1. The van der Waals surface area contributed by atoms with Crippen molar-refractivity contribution in [1.82, 2.24) is 0 Å². The van der Waals surface area contributed by atoms with E-state index in [2.05, 4.69) is 72.8 Å². The van der Waals surface area contributed by atoms with Crippen LogP contribution < -0.4 is 0 Å². The molecule has 536 valence electrons. The number of esters is 4. The van der Waals surface area contributed by atoms with Gasteiger partial charge in [0.2, 0.25) is 0 Å². The summed E-state index contributed by atoms with van der Waals surface area (Å²) >= 11 is 0. The Balaban J connectivity index is 5.24. The molecule has 19 heteroatoms. The van der Waals surface area contributed by atoms with E-state index in [1.807, 2.05) is 0 Å². The summed E-state index contributed by atoms with van der Waals surface area (Å²) in [6.07, 6.45) is 49.7. The van der Waals surface area contributed by atoms with Crippen LogP contribution in [0.4, 0.5) is 0 Å². The molecule has 0 aliphatic carbocycles. The van der Waals surface area contributed by atoms with Crippen molar-refractivity contribution in [3.63, 3.8) is 0 Å². The molecule has 0 heterocycles. The van der Waals surface area contributed by atoms with E-state index >= 15 is 0 Å². The Hall–Kier alpha value is -2.46. The molecule has 91 heavy (non-hydrogen) atoms. The minimum absolute atomic E-state index is 0.0846. The average Bonchev–Trinajstić information content (AvgIpc) is 3.71. The number of phosphoric acid groups is 2. The molecule has 17 nitrogen and oxygen atoms in total. The molecule has 0 amide bonds. The summed E-state index contributed by atoms with van der Waals surface area (Å²) in [7, 11) is -9.91. The molecule has 0 spiro atoms. The van der Waals surface area contributed by atoms with E-state index in [4.69, 9.17) is 37.0 Å². The van der Waals surface area contributed by atoms with Crippen LogP contribution in [0.2, 0.25) is 0 Å². The van der Waals surface area contributed by atoms with Crippen molar-refractivity contribution in [2.24, 2.45) is 17.8 Å². The number of ether oxygens (including phenoxy) is 4. The van der Waals surface area contributed by atoms with E-state index in [1.54, 1.807) is 0 Å². The molecular weight excluding hydrogens is 1200 g/mol. The van der Waals surface area contributed by atoms with E-state index in [9.17, 15) is 43.2 Å². The molecule has 0 aliphatic rings. The Morgan fingerprint density at radius 3 is 0.978 bits per heavy atom. The lowest BCUT2D eigenvalue weighted by Crippen LogP contribution is -2.30. The number of allylic oxidation sites excluding steroid dienone is 4. The number of unbranched alkanes of at least 4 members (excludes halogenated alkanes) is 32. The Morgan fingerprint density at radius 2 is 0.648 bits per heavy atom. The molecule has 0 aliphatic heterocycles. The van der Waals surface area contributed by atoms with Crippen LogP contribution in [-0.4, -0.2) is 96.7 Å². The van der Waals surface area contributed by atoms with Gasteiger partial charge >= 0.3 is 39.5 Å². The smallest absolute Gasteiger partial charge is 0.462 e. The van der Waals surface area contributed by atoms with Crippen LogP contribution in [0.1, 0.15) is 337 Å². The summed E-state index contributed by atoms with van der Waals surface area (Å²) in [6, 6.07) is 0. The van der Waals surface area contributed by atoms with E-state index in [0.717, 1.165) is 115 Å². The van der Waals surface area contributed by atoms with Gasteiger partial charge in [0.15, 0.2) is 12.2 Å². The molecule has 0 rings (SSSR count). The summed E-state index contributed by atoms with van der Waals surface area (Å²) in [4.78, 5) is 72.5. The van der Waals surface area contributed by atoms with Crippen molar-refractivity contribution in [1.29, 1.82) is 0 Å². The van der Waals surface area contributed by atoms with Crippen LogP contribution in [0.15, 0.2) is 24.3 Å². The van der Waals surface area contributed by atoms with Gasteiger partial charge in [0.25, 0.3) is 0 Å². The van der Waals surface area contributed by atoms with Gasteiger partial charge in [0.1, 0.15) is 19.3 Å². The van der Waals surface area contributed by atoms with Gasteiger partial charge in [-0.1, -0.05) is 285 Å². The number of phosphoric ester groups is 2. The fourth-order valence-electron chi connectivity index (χ4n) is 10.3. The first-order valence-corrected chi connectivity index (χ1v) is 39.7. The number of carbonyl (C=O) groups excluding carboxylic acids is 4. The summed E-state index contributed by atoms with van der Waals surface area (Å²) < 4.78 is 68.2. The Morgan fingerprint density at radius 1 is 0.363 bits per heavy atom. The van der Waals surface area contributed by atoms with Crippen molar-refractivity contribution in [2.75, 3.05) is 39.6 Å². The van der Waals surface area contributed by atoms with Crippen LogP contribution >= 0.6 is 15.6 Å². The fourth-order valence-corrected chi connectivity index (χ4v) is 11.9. The van der Waals surface area contributed by atoms with E-state index < -0.39 is 97.5 Å². The van der Waals surface area contributed by atoms with E-state index in [-0.39, 0.29) is 25.7 Å². The summed E-state index contributed by atoms with van der Waals surface area (Å²) in [5.74, 6) is 0.0320. The minimum atomic E-state index is -4.96. The maximum Gasteiger partial charge on any atom is 0.472 e. The predicted octanol–water partition coefficient (Wildman–Crippen LogP) is 20.2. The number of carbonyl (C=O) groups is 4. The zero-order valence-corrected chi connectivity index (χ0v) is 60.6. The second-order valence-corrected chi connectivity index (χ2v) is 29.4. The molecular formula is C72H136O17P2. The molecule has 3 N–H and O–H groups in total. The number of aliphatic hydroxyl groups is 1. The maximum atomic E-state index is 13.0. The summed E-state index contributed by atoms with van der Waals surface area (Å²) in [6.45, 7) is 11.7. The van der Waals surface area contributed by atoms with Crippen LogP contribution in [0.5, 0.6) is 0 Å². The lowest BCUT2D eigenvalue weighted by Gasteiger charge is -2.21. The Labute approximate surface area is 554 Å². The van der Waals surface area contributed by atoms with Crippen molar-refractivity contribution in [2.45, 2.75) is 356 Å². The third kappa shape index (κ3) is 64.6. The van der Waals surface area contributed by atoms with Crippen LogP contribution in [0.25, 0.3) is 0 Å². The average molecular weight is 1340 g/mol. The van der Waals surface area contributed by atoms with Crippen molar-refractivity contribution < 1.29 is 80.2 Å². The molecule has 6 atom stereocenters. The summed E-state index contributed by atoms with van der Waals surface area (Å²) in [5, 5.41) is 10.6. The van der Waals surface area contributed by atoms with Gasteiger partial charge < -0.3 is 33.8 Å². The van der Waals surface area contributed by atoms with Crippen LogP contribution in [0, 0.1) is 17.8 Å². The lowest BCUT2D eigenvalue weighted by atomic mass is 9.99. The van der Waals surface area contributed by atoms with E-state index in [0.29, 0.717) is 37.5 Å². The van der Waals surface area contributed by atoms with Gasteiger partial charge in [0.05, 0.1) is 26.4 Å². The molecule has 0 bridgehead atoms. The first kappa shape index (κ1) is 88.5. The zero-order valence-electron chi connectivity index (χ0n) is 58.8. The highest BCUT2D eigenvalue weighted by atomic mass is 31.2. The highest BCUT2D eigenvalue weighted by molar-refractivity contribution is 7.47. The van der Waals surface area contributed by atoms with Crippen LogP contribution in [-0.2, 0) is 65.4 Å². The molecule has 0 aromatic heterocycles. The van der Waals surface area contributed by atoms with E-state index in [1.165, 1.54) is 128 Å². The SMILES string of the molecule is CCCCCC/C=C\C=C/CCCCCCCC(=O)O[C@H](COC(=O)CCCCCCCCCCCCCCCCC(C)CC)COP(=O)(O)OC[C@@H](O)COP(=O)(O)OC[C@@H](COC(=O)CCCCCCCCC(C)C)OC(=O)CCCCCCCCC(C)C. The second-order valence-electron chi connectivity index (χ2n) is 26.5. The molecule has 3 unspecified atom stereocenters. The Bertz CT molecular complexity index is 1880. The largest absolute Gasteiger partial charge is 0.472 e. The van der Waals surface area contributed by atoms with Gasteiger partial charge in [-0.25, -0.2) is 9.13 Å². The lowest BCUT2D eigenvalue weighted by molar-refractivity contribution is -0.161.